The molecule has 0 spiro atoms. The fourth-order valence-corrected chi connectivity index (χ4v) is 13.9. The van der Waals surface area contributed by atoms with E-state index in [0.717, 1.165) is 101 Å². The van der Waals surface area contributed by atoms with Crippen LogP contribution in [0.15, 0.2) is 236 Å². The smallest absolute Gasteiger partial charge is 0.373 e. The average Bonchev–Trinajstić information content (AvgIpc) is 1.61. The van der Waals surface area contributed by atoms with Crippen LogP contribution in [0.1, 0.15) is 150 Å². The minimum atomic E-state index is -0.798. The van der Waals surface area contributed by atoms with E-state index in [-0.39, 0.29) is 82.4 Å². The van der Waals surface area contributed by atoms with Crippen molar-refractivity contribution in [3.05, 3.63) is 292 Å². The van der Waals surface area contributed by atoms with Crippen molar-refractivity contribution < 1.29 is 120 Å². The molecule has 6 aliphatic rings. The normalized spacial score (nSPS) is 13.1. The molecule has 25 nitrogen and oxygen atoms in total. The summed E-state index contributed by atoms with van der Waals surface area (Å²) >= 11 is 0. The van der Waals surface area contributed by atoms with E-state index in [1.165, 1.54) is 40.7 Å². The Morgan fingerprint density at radius 3 is 1.06 bits per heavy atom. The van der Waals surface area contributed by atoms with Gasteiger partial charge in [-0.3, -0.25) is 9.59 Å². The van der Waals surface area contributed by atoms with Gasteiger partial charge < -0.3 is 76.6 Å². The molecule has 10 aromatic rings. The summed E-state index contributed by atoms with van der Waals surface area (Å²) in [5, 5.41) is 18.5. The third-order valence-electron chi connectivity index (χ3n) is 19.8. The zero-order chi connectivity index (χ0) is 86.4. The summed E-state index contributed by atoms with van der Waals surface area (Å²) in [6, 6.07) is 76.0. The number of hydrogen-bond donors (Lipinski definition) is 2. The highest BCUT2D eigenvalue weighted by Gasteiger charge is 2.27. The molecule has 16 rings (SSSR count). The predicted octanol–water partition coefficient (Wildman–Crippen LogP) is 17.1. The van der Waals surface area contributed by atoms with Crippen molar-refractivity contribution in [1.82, 2.24) is 0 Å². The number of ether oxygens (including phenoxy) is 13. The molecule has 630 valence electrons. The maximum atomic E-state index is 11.7. The van der Waals surface area contributed by atoms with Gasteiger partial charge in [-0.25, -0.2) is 4.79 Å². The van der Waals surface area contributed by atoms with Crippen molar-refractivity contribution in [3.8, 4) is 69.0 Å². The van der Waals surface area contributed by atoms with Crippen LogP contribution in [-0.2, 0) is 73.6 Å². The van der Waals surface area contributed by atoms with Crippen LogP contribution < -0.4 is 56.8 Å². The van der Waals surface area contributed by atoms with Crippen LogP contribution in [-0.4, -0.2) is 107 Å². The van der Waals surface area contributed by atoms with E-state index in [9.17, 15) is 24.3 Å². The first-order valence-electron chi connectivity index (χ1n) is 39.3. The van der Waals surface area contributed by atoms with E-state index in [4.69, 9.17) is 95.5 Å². The van der Waals surface area contributed by atoms with Crippen LogP contribution in [0, 0.1) is 5.92 Å². The molecular formula is C96H96O25. The van der Waals surface area contributed by atoms with E-state index in [1.807, 2.05) is 146 Å². The maximum absolute atomic E-state index is 11.7. The van der Waals surface area contributed by atoms with Gasteiger partial charge in [0.2, 0.25) is 40.8 Å². The summed E-state index contributed by atoms with van der Waals surface area (Å²) in [6.07, 6.45) is 12.2. The van der Waals surface area contributed by atoms with Crippen LogP contribution in [0.2, 0.25) is 0 Å². The second kappa shape index (κ2) is 51.2. The summed E-state index contributed by atoms with van der Waals surface area (Å²) in [4.78, 5) is 92.8. The molecular weight excluding hydrogens is 1550 g/mol. The minimum Gasteiger partial charge on any atom is -0.481 e. The number of hydrogen-bond acceptors (Lipinski definition) is 24. The minimum absolute atomic E-state index is 0.0839. The molecule has 4 atom stereocenters. The van der Waals surface area contributed by atoms with Gasteiger partial charge >= 0.3 is 30.4 Å². The lowest BCUT2D eigenvalue weighted by molar-refractivity contribution is -0.193. The lowest BCUT2D eigenvalue weighted by atomic mass is 9.79. The van der Waals surface area contributed by atoms with E-state index in [2.05, 4.69) is 92.7 Å². The maximum Gasteiger partial charge on any atom is 0.373 e. The fourth-order valence-electron chi connectivity index (χ4n) is 13.9. The highest BCUT2D eigenvalue weighted by molar-refractivity contribution is 5.93. The van der Waals surface area contributed by atoms with Crippen LogP contribution in [0.5, 0.6) is 69.0 Å². The van der Waals surface area contributed by atoms with Crippen molar-refractivity contribution >= 4 is 49.0 Å². The molecule has 25 heteroatoms. The number of esters is 1. The van der Waals surface area contributed by atoms with Gasteiger partial charge in [-0.2, -0.15) is 28.8 Å². The standard InChI is InChI=1S/C20H24O2.C17H16O4.C17H18O3.C17H16O3.C14H16O4.C8H6O3.3CO2/c1-3-16(4-2)18(12-15-8-6-5-7-9-15)17-10-11-19-20(13-17)22-14-21-19;18-17(19)10-14(8-12-4-2-1-3-5-12)13-6-7-15-16(9-13)21-11-20-15;2*18-9-8-15(10-13-4-2-1-3-5-13)14-6-7-16-17(11-14)20-12-19-16;1-3-11(14(15)16-4-2)7-10-5-6-12-13(8-10)18-9-17-12;9-4-6-1-2-7-8(3-6)11-5-10-7;3*2-1-3/h5-11,13,16,18H,3-4,12,14H2,1-2H3;1-7,9,14H,8,10-11H2,(H,18,19);1-7,11,15,18H,8-10,12H2;1-7,9,11,15H,8,10,12H2;5-8H,3-4,9H2,1-2H3;1-4H,5H2;;;/b;;;;11-7+;;;;. The van der Waals surface area contributed by atoms with E-state index in [0.29, 0.717) is 91.2 Å². The predicted molar refractivity (Wildman–Crippen MR) is 441 cm³/mol. The fraction of sp³-hybridized carbons (Fsp3) is 0.281. The Kier molecular flexibility index (Phi) is 39.1. The molecule has 6 aliphatic heterocycles. The highest BCUT2D eigenvalue weighted by atomic mass is 16.7. The number of carbonyl (C=O) groups is 4. The van der Waals surface area contributed by atoms with E-state index >= 15 is 0 Å². The Bertz CT molecular complexity index is 4990. The molecule has 0 fully saturated rings. The third kappa shape index (κ3) is 29.5. The molecule has 4 unspecified atom stereocenters. The second-order valence-electron chi connectivity index (χ2n) is 27.3. The second-order valence-corrected chi connectivity index (χ2v) is 27.3. The van der Waals surface area contributed by atoms with E-state index in [1.54, 1.807) is 25.1 Å². The quantitative estimate of drug-likeness (QED) is 0.0289. The number of carboxylic acid groups (broad SMARTS) is 1. The number of aliphatic carboxylic acids is 1. The van der Waals surface area contributed by atoms with Crippen molar-refractivity contribution in [2.45, 2.75) is 116 Å². The molecule has 0 bridgehead atoms. The molecule has 6 heterocycles. The van der Waals surface area contributed by atoms with Gasteiger partial charge in [-0.05, 0) is 210 Å². The van der Waals surface area contributed by atoms with Gasteiger partial charge in [-0.1, -0.05) is 185 Å². The Labute approximate surface area is 701 Å². The van der Waals surface area contributed by atoms with Gasteiger partial charge in [0.1, 0.15) is 12.6 Å². The number of aliphatic hydroxyl groups excluding tert-OH is 1. The Morgan fingerprint density at radius 2 is 0.702 bits per heavy atom. The molecule has 0 aromatic heterocycles. The topological polar surface area (TPSA) is 331 Å². The zero-order valence-corrected chi connectivity index (χ0v) is 67.6. The third-order valence-corrected chi connectivity index (χ3v) is 19.8. The Balaban J connectivity index is 0.000000178. The number of rotatable bonds is 26. The number of carbonyl (C=O) groups excluding carboxylic acids is 9. The molecule has 0 amide bonds. The van der Waals surface area contributed by atoms with Crippen molar-refractivity contribution in [2.24, 2.45) is 5.92 Å². The first kappa shape index (κ1) is 92.4. The lowest BCUT2D eigenvalue weighted by Gasteiger charge is -2.26. The number of carboxylic acids is 1. The molecule has 0 saturated carbocycles. The number of aliphatic hydroxyl groups is 1. The van der Waals surface area contributed by atoms with Crippen LogP contribution in [0.25, 0.3) is 6.08 Å². The molecule has 121 heavy (non-hydrogen) atoms. The van der Waals surface area contributed by atoms with Crippen molar-refractivity contribution in [2.75, 3.05) is 54.0 Å². The van der Waals surface area contributed by atoms with Crippen molar-refractivity contribution in [3.63, 3.8) is 0 Å². The monoisotopic (exact) mass is 1650 g/mol. The lowest BCUT2D eigenvalue weighted by Crippen LogP contribution is -2.14. The Hall–Kier alpha value is -14.1. The van der Waals surface area contributed by atoms with Crippen LogP contribution >= 0.6 is 0 Å². The number of fused-ring (bicyclic) bond motifs is 6. The summed E-state index contributed by atoms with van der Waals surface area (Å²) in [5.74, 6) is 9.63. The van der Waals surface area contributed by atoms with Gasteiger partial charge in [0.25, 0.3) is 0 Å². The van der Waals surface area contributed by atoms with Crippen molar-refractivity contribution in [1.29, 1.82) is 0 Å². The Morgan fingerprint density at radius 1 is 0.388 bits per heavy atom. The van der Waals surface area contributed by atoms with Gasteiger partial charge in [0.05, 0.1) is 13.0 Å². The molecule has 0 aliphatic carbocycles. The first-order chi connectivity index (χ1) is 59.1. The molecule has 10 aromatic carbocycles. The SMILES string of the molecule is CCC(CC)C(Cc1ccccc1)c1ccc2c(c1)OCO2.CCOC(=O)/C(=C/c1ccc2c(c1)OCO2)CC.O=C(O)CC(Cc1ccccc1)c1ccc2c(c1)OCO2.O=C=O.O=C=O.O=C=O.O=CCC(Cc1ccccc1)c1ccc2c(c1)OCO2.O=Cc1ccc2c(c1)OCO2.OCCC(Cc1ccccc1)c1ccc2c(c1)OCO2. The highest BCUT2D eigenvalue weighted by Crippen LogP contribution is 2.43. The van der Waals surface area contributed by atoms with Crippen LogP contribution in [0.3, 0.4) is 0 Å². The summed E-state index contributed by atoms with van der Waals surface area (Å²) in [7, 11) is 0. The van der Waals surface area contributed by atoms with Gasteiger partial charge in [0, 0.05) is 24.2 Å². The average molecular weight is 1650 g/mol. The van der Waals surface area contributed by atoms with Gasteiger partial charge in [0.15, 0.2) is 69.0 Å². The first-order valence-corrected chi connectivity index (χ1v) is 39.3. The molecule has 2 N–H and O–H groups in total. The largest absolute Gasteiger partial charge is 0.481 e. The van der Waals surface area contributed by atoms with Gasteiger partial charge in [-0.15, -0.1) is 0 Å². The summed E-state index contributed by atoms with van der Waals surface area (Å²) < 4.78 is 68.8. The zero-order valence-electron chi connectivity index (χ0n) is 67.6. The number of benzene rings is 10. The van der Waals surface area contributed by atoms with E-state index < -0.39 is 5.97 Å². The molecule has 0 saturated heterocycles. The summed E-state index contributed by atoms with van der Waals surface area (Å²) in [5.41, 5.74) is 11.8. The summed E-state index contributed by atoms with van der Waals surface area (Å²) in [6.45, 7) is 10.5. The van der Waals surface area contributed by atoms with Crippen LogP contribution in [0.4, 0.5) is 0 Å². The number of aldehydes is 2. The molecule has 0 radical (unpaired) electrons.